The number of aryl methyl sites for hydroxylation is 1. The van der Waals surface area contributed by atoms with Crippen molar-refractivity contribution in [2.45, 2.75) is 57.9 Å². The Hall–Kier alpha value is -0.760. The Kier molecular flexibility index (Phi) is 5.09. The summed E-state index contributed by atoms with van der Waals surface area (Å²) in [4.78, 5) is 7.13. The van der Waals surface area contributed by atoms with Gasteiger partial charge in [0.1, 0.15) is 5.82 Å². The molecular weight excluding hydrogens is 256 g/mol. The third kappa shape index (κ3) is 3.62. The SMILES string of the molecule is CCc1cc(CCl)cc(N(C)C2CCCC(C)C2)n1. The molecular formula is C16H25ClN2. The summed E-state index contributed by atoms with van der Waals surface area (Å²) < 4.78 is 0. The molecule has 1 fully saturated rings. The van der Waals surface area contributed by atoms with Crippen LogP contribution in [0, 0.1) is 5.92 Å². The minimum absolute atomic E-state index is 0.567. The Balaban J connectivity index is 2.19. The second-order valence-electron chi connectivity index (χ2n) is 5.85. The third-order valence-electron chi connectivity index (χ3n) is 4.26. The maximum atomic E-state index is 6.00. The average molecular weight is 281 g/mol. The van der Waals surface area contributed by atoms with Crippen molar-refractivity contribution in [2.24, 2.45) is 5.92 Å². The van der Waals surface area contributed by atoms with Gasteiger partial charge in [-0.15, -0.1) is 11.6 Å². The summed E-state index contributed by atoms with van der Waals surface area (Å²) >= 11 is 6.00. The van der Waals surface area contributed by atoms with Crippen LogP contribution in [0.3, 0.4) is 0 Å². The molecule has 2 unspecified atom stereocenters. The number of hydrogen-bond acceptors (Lipinski definition) is 2. The molecule has 2 nitrogen and oxygen atoms in total. The summed E-state index contributed by atoms with van der Waals surface area (Å²) in [5.41, 5.74) is 2.32. The highest BCUT2D eigenvalue weighted by molar-refractivity contribution is 6.17. The molecule has 0 spiro atoms. The van der Waals surface area contributed by atoms with Crippen LogP contribution in [0.15, 0.2) is 12.1 Å². The van der Waals surface area contributed by atoms with Gasteiger partial charge < -0.3 is 4.90 Å². The summed E-state index contributed by atoms with van der Waals surface area (Å²) in [5, 5.41) is 0. The number of halogens is 1. The fourth-order valence-electron chi connectivity index (χ4n) is 3.01. The summed E-state index contributed by atoms with van der Waals surface area (Å²) in [6.07, 6.45) is 6.25. The molecule has 2 rings (SSSR count). The topological polar surface area (TPSA) is 16.1 Å². The molecule has 0 N–H and O–H groups in total. The van der Waals surface area contributed by atoms with E-state index in [1.807, 2.05) is 0 Å². The van der Waals surface area contributed by atoms with Crippen molar-refractivity contribution in [1.82, 2.24) is 4.98 Å². The molecule has 0 aromatic carbocycles. The van der Waals surface area contributed by atoms with E-state index < -0.39 is 0 Å². The van der Waals surface area contributed by atoms with Gasteiger partial charge in [0.25, 0.3) is 0 Å². The molecule has 106 valence electrons. The van der Waals surface area contributed by atoms with Gasteiger partial charge in [0, 0.05) is 24.7 Å². The molecule has 2 atom stereocenters. The quantitative estimate of drug-likeness (QED) is 0.760. The highest BCUT2D eigenvalue weighted by Gasteiger charge is 2.23. The lowest BCUT2D eigenvalue weighted by molar-refractivity contribution is 0.335. The van der Waals surface area contributed by atoms with Crippen LogP contribution in [-0.4, -0.2) is 18.1 Å². The minimum atomic E-state index is 0.567. The van der Waals surface area contributed by atoms with Gasteiger partial charge in [-0.05, 0) is 42.9 Å². The summed E-state index contributed by atoms with van der Waals surface area (Å²) in [7, 11) is 2.18. The lowest BCUT2D eigenvalue weighted by Crippen LogP contribution is -2.36. The van der Waals surface area contributed by atoms with Gasteiger partial charge in [-0.1, -0.05) is 26.7 Å². The van der Waals surface area contributed by atoms with Crippen LogP contribution < -0.4 is 4.90 Å². The van der Waals surface area contributed by atoms with E-state index >= 15 is 0 Å². The van der Waals surface area contributed by atoms with Gasteiger partial charge in [-0.3, -0.25) is 0 Å². The monoisotopic (exact) mass is 280 g/mol. The van der Waals surface area contributed by atoms with E-state index in [-0.39, 0.29) is 0 Å². The predicted molar refractivity (Wildman–Crippen MR) is 83.0 cm³/mol. The highest BCUT2D eigenvalue weighted by Crippen LogP contribution is 2.29. The number of hydrogen-bond donors (Lipinski definition) is 0. The third-order valence-corrected chi connectivity index (χ3v) is 4.57. The van der Waals surface area contributed by atoms with Crippen molar-refractivity contribution in [3.8, 4) is 0 Å². The Morgan fingerprint density at radius 3 is 2.79 bits per heavy atom. The van der Waals surface area contributed by atoms with Gasteiger partial charge in [-0.25, -0.2) is 4.98 Å². The molecule has 1 heterocycles. The molecule has 0 bridgehead atoms. The van der Waals surface area contributed by atoms with Gasteiger partial charge in [0.15, 0.2) is 0 Å². The lowest BCUT2D eigenvalue weighted by atomic mass is 9.86. The number of pyridine rings is 1. The Morgan fingerprint density at radius 2 is 2.16 bits per heavy atom. The first-order chi connectivity index (χ1) is 9.13. The first kappa shape index (κ1) is 14.6. The fourth-order valence-corrected chi connectivity index (χ4v) is 3.17. The van der Waals surface area contributed by atoms with Crippen molar-refractivity contribution in [2.75, 3.05) is 11.9 Å². The van der Waals surface area contributed by atoms with Crippen LogP contribution in [0.4, 0.5) is 5.82 Å². The number of nitrogens with zero attached hydrogens (tertiary/aromatic N) is 2. The van der Waals surface area contributed by atoms with Crippen molar-refractivity contribution >= 4 is 17.4 Å². The van der Waals surface area contributed by atoms with Crippen LogP contribution in [0.25, 0.3) is 0 Å². The zero-order valence-corrected chi connectivity index (χ0v) is 13.1. The summed E-state index contributed by atoms with van der Waals surface area (Å²) in [6, 6.07) is 4.89. The molecule has 0 radical (unpaired) electrons. The van der Waals surface area contributed by atoms with Crippen molar-refractivity contribution < 1.29 is 0 Å². The van der Waals surface area contributed by atoms with E-state index in [9.17, 15) is 0 Å². The average Bonchev–Trinajstić information content (AvgIpc) is 2.45. The van der Waals surface area contributed by atoms with Crippen molar-refractivity contribution in [3.63, 3.8) is 0 Å². The van der Waals surface area contributed by atoms with E-state index in [4.69, 9.17) is 16.6 Å². The Labute approximate surface area is 122 Å². The normalized spacial score (nSPS) is 23.4. The zero-order chi connectivity index (χ0) is 13.8. The van der Waals surface area contributed by atoms with Gasteiger partial charge in [-0.2, -0.15) is 0 Å². The second-order valence-corrected chi connectivity index (χ2v) is 6.12. The molecule has 19 heavy (non-hydrogen) atoms. The molecule has 1 aliphatic carbocycles. The van der Waals surface area contributed by atoms with Crippen LogP contribution in [0.1, 0.15) is 50.8 Å². The molecule has 0 saturated heterocycles. The number of alkyl halides is 1. The van der Waals surface area contributed by atoms with Crippen LogP contribution in [0.2, 0.25) is 0 Å². The van der Waals surface area contributed by atoms with Crippen LogP contribution >= 0.6 is 11.6 Å². The summed E-state index contributed by atoms with van der Waals surface area (Å²) in [5.74, 6) is 2.49. The standard InChI is InChI=1S/C16H25ClN2/c1-4-14-9-13(11-17)10-16(18-14)19(3)15-7-5-6-12(2)8-15/h9-10,12,15H,4-8,11H2,1-3H3. The van der Waals surface area contributed by atoms with Crippen molar-refractivity contribution in [3.05, 3.63) is 23.4 Å². The van der Waals surface area contributed by atoms with Gasteiger partial charge in [0.05, 0.1) is 0 Å². The molecule has 0 amide bonds. The maximum Gasteiger partial charge on any atom is 0.129 e. The second kappa shape index (κ2) is 6.60. The van der Waals surface area contributed by atoms with E-state index in [1.54, 1.807) is 0 Å². The van der Waals surface area contributed by atoms with E-state index in [0.717, 1.165) is 23.9 Å². The molecule has 0 aliphatic heterocycles. The lowest BCUT2D eigenvalue weighted by Gasteiger charge is -2.35. The van der Waals surface area contributed by atoms with E-state index in [1.165, 1.54) is 31.2 Å². The predicted octanol–water partition coefficient (Wildman–Crippen LogP) is 4.40. The first-order valence-electron chi connectivity index (χ1n) is 7.42. The number of aromatic nitrogens is 1. The Morgan fingerprint density at radius 1 is 1.37 bits per heavy atom. The first-order valence-corrected chi connectivity index (χ1v) is 7.96. The largest absolute Gasteiger partial charge is 0.357 e. The van der Waals surface area contributed by atoms with Crippen molar-refractivity contribution in [1.29, 1.82) is 0 Å². The molecule has 3 heteroatoms. The van der Waals surface area contributed by atoms with E-state index in [2.05, 4.69) is 37.9 Å². The van der Waals surface area contributed by atoms with Crippen LogP contribution in [-0.2, 0) is 12.3 Å². The highest BCUT2D eigenvalue weighted by atomic mass is 35.5. The van der Waals surface area contributed by atoms with Crippen LogP contribution in [0.5, 0.6) is 0 Å². The Bertz CT molecular complexity index is 397. The molecule has 1 saturated carbocycles. The minimum Gasteiger partial charge on any atom is -0.357 e. The molecule has 1 aliphatic rings. The maximum absolute atomic E-state index is 6.00. The molecule has 1 aromatic heterocycles. The smallest absolute Gasteiger partial charge is 0.129 e. The fraction of sp³-hybridized carbons (Fsp3) is 0.688. The molecule has 1 aromatic rings. The zero-order valence-electron chi connectivity index (χ0n) is 12.3. The van der Waals surface area contributed by atoms with Gasteiger partial charge >= 0.3 is 0 Å². The number of rotatable bonds is 4. The van der Waals surface area contributed by atoms with Gasteiger partial charge in [0.2, 0.25) is 0 Å². The summed E-state index contributed by atoms with van der Waals surface area (Å²) in [6.45, 7) is 4.51. The van der Waals surface area contributed by atoms with E-state index in [0.29, 0.717) is 11.9 Å². The number of anilines is 1.